The molecule has 0 aromatic heterocycles. The summed E-state index contributed by atoms with van der Waals surface area (Å²) in [4.78, 5) is 23.3. The van der Waals surface area contributed by atoms with Crippen molar-refractivity contribution in [3.63, 3.8) is 0 Å². The molecule has 5 nitrogen and oxygen atoms in total. The first-order valence-electron chi connectivity index (χ1n) is 5.40. The molecule has 0 bridgehead atoms. The molecule has 2 rings (SSSR count). The number of ether oxygens (including phenoxy) is 1. The lowest BCUT2D eigenvalue weighted by Crippen LogP contribution is -2.34. The van der Waals surface area contributed by atoms with Gasteiger partial charge < -0.3 is 9.84 Å². The van der Waals surface area contributed by atoms with E-state index in [4.69, 9.17) is 9.84 Å². The lowest BCUT2D eigenvalue weighted by atomic mass is 10.0. The van der Waals surface area contributed by atoms with E-state index >= 15 is 0 Å². The van der Waals surface area contributed by atoms with Gasteiger partial charge in [-0.3, -0.25) is 9.69 Å². The molecular weight excluding hydrogens is 222 g/mol. The summed E-state index contributed by atoms with van der Waals surface area (Å²) in [6, 6.07) is 5.11. The number of esters is 1. The van der Waals surface area contributed by atoms with E-state index in [0.717, 1.165) is 18.4 Å². The van der Waals surface area contributed by atoms with Crippen molar-refractivity contribution < 1.29 is 19.4 Å². The van der Waals surface area contributed by atoms with E-state index in [9.17, 15) is 9.59 Å². The van der Waals surface area contributed by atoms with Gasteiger partial charge in [0.15, 0.2) is 0 Å². The molecule has 0 saturated heterocycles. The van der Waals surface area contributed by atoms with E-state index < -0.39 is 12.1 Å². The Morgan fingerprint density at radius 2 is 2.18 bits per heavy atom. The minimum Gasteiger partial charge on any atom is -0.465 e. The fourth-order valence-corrected chi connectivity index (χ4v) is 2.04. The number of carbonyl (C=O) groups is 2. The van der Waals surface area contributed by atoms with Crippen LogP contribution in [0.2, 0.25) is 0 Å². The number of amides is 1. The maximum Gasteiger partial charge on any atom is 0.411 e. The molecule has 5 heteroatoms. The van der Waals surface area contributed by atoms with Gasteiger partial charge in [0, 0.05) is 19.0 Å². The van der Waals surface area contributed by atoms with E-state index in [2.05, 4.69) is 0 Å². The number of carbonyl (C=O) groups excluding carboxylic acids is 1. The Balaban J connectivity index is 2.43. The highest BCUT2D eigenvalue weighted by Crippen LogP contribution is 2.34. The standard InChI is InChI=1S/C12H13NO4/c1-8(14)17-11-6-2-5-10-9(11)4-3-7-13(10)12(15)16/h2,5-6H,3-4,7H2,1H3,(H,15,16). The summed E-state index contributed by atoms with van der Waals surface area (Å²) < 4.78 is 5.08. The Morgan fingerprint density at radius 3 is 2.82 bits per heavy atom. The zero-order chi connectivity index (χ0) is 12.4. The second-order valence-corrected chi connectivity index (χ2v) is 3.89. The average molecular weight is 235 g/mol. The van der Waals surface area contributed by atoms with E-state index in [1.54, 1.807) is 18.2 Å². The molecular formula is C12H13NO4. The predicted octanol–water partition coefficient (Wildman–Crippen LogP) is 2.04. The maximum absolute atomic E-state index is 11.1. The number of hydrogen-bond acceptors (Lipinski definition) is 3. The largest absolute Gasteiger partial charge is 0.465 e. The van der Waals surface area contributed by atoms with Gasteiger partial charge in [0.05, 0.1) is 5.69 Å². The molecule has 1 aromatic rings. The van der Waals surface area contributed by atoms with Gasteiger partial charge in [0.25, 0.3) is 0 Å². The van der Waals surface area contributed by atoms with E-state index in [0.29, 0.717) is 18.0 Å². The van der Waals surface area contributed by atoms with Crippen LogP contribution in [0.5, 0.6) is 5.75 Å². The van der Waals surface area contributed by atoms with Gasteiger partial charge >= 0.3 is 12.1 Å². The van der Waals surface area contributed by atoms with Crippen LogP contribution in [0.4, 0.5) is 10.5 Å². The molecule has 90 valence electrons. The van der Waals surface area contributed by atoms with Crippen molar-refractivity contribution in [3.8, 4) is 5.75 Å². The Hall–Kier alpha value is -2.04. The van der Waals surface area contributed by atoms with Crippen LogP contribution >= 0.6 is 0 Å². The molecule has 1 amide bonds. The number of fused-ring (bicyclic) bond motifs is 1. The maximum atomic E-state index is 11.1. The highest BCUT2D eigenvalue weighted by atomic mass is 16.5. The minimum absolute atomic E-state index is 0.397. The molecule has 0 spiro atoms. The van der Waals surface area contributed by atoms with Crippen molar-refractivity contribution in [2.24, 2.45) is 0 Å². The van der Waals surface area contributed by atoms with Crippen molar-refractivity contribution in [2.75, 3.05) is 11.4 Å². The van der Waals surface area contributed by atoms with Crippen molar-refractivity contribution in [1.82, 2.24) is 0 Å². The minimum atomic E-state index is -0.981. The van der Waals surface area contributed by atoms with Crippen LogP contribution < -0.4 is 9.64 Å². The second kappa shape index (κ2) is 4.45. The number of carboxylic acid groups (broad SMARTS) is 1. The molecule has 0 fully saturated rings. The summed E-state index contributed by atoms with van der Waals surface area (Å²) in [6.07, 6.45) is 0.478. The van der Waals surface area contributed by atoms with Crippen LogP contribution in [0, 0.1) is 0 Å². The van der Waals surface area contributed by atoms with E-state index in [-0.39, 0.29) is 0 Å². The van der Waals surface area contributed by atoms with E-state index in [1.165, 1.54) is 11.8 Å². The number of anilines is 1. The Kier molecular flexibility index (Phi) is 2.99. The average Bonchev–Trinajstić information content (AvgIpc) is 2.28. The third kappa shape index (κ3) is 2.22. The first kappa shape index (κ1) is 11.4. The molecule has 0 saturated carbocycles. The van der Waals surface area contributed by atoms with Gasteiger partial charge in [0.1, 0.15) is 5.75 Å². The van der Waals surface area contributed by atoms with Gasteiger partial charge in [-0.1, -0.05) is 6.07 Å². The summed E-state index contributed by atoms with van der Waals surface area (Å²) >= 11 is 0. The monoisotopic (exact) mass is 235 g/mol. The highest BCUT2D eigenvalue weighted by Gasteiger charge is 2.24. The summed E-state index contributed by atoms with van der Waals surface area (Å²) in [5.74, 6) is 0.0619. The molecule has 0 atom stereocenters. The molecule has 1 heterocycles. The predicted molar refractivity (Wildman–Crippen MR) is 61.4 cm³/mol. The lowest BCUT2D eigenvalue weighted by molar-refractivity contribution is -0.131. The SMILES string of the molecule is CC(=O)Oc1cccc2c1CCCN2C(=O)O. The molecule has 17 heavy (non-hydrogen) atoms. The smallest absolute Gasteiger partial charge is 0.411 e. The number of benzene rings is 1. The second-order valence-electron chi connectivity index (χ2n) is 3.89. The molecule has 1 aromatic carbocycles. The summed E-state index contributed by atoms with van der Waals surface area (Å²) in [5.41, 5.74) is 1.40. The van der Waals surface area contributed by atoms with Gasteiger partial charge in [-0.05, 0) is 25.0 Å². The Bertz CT molecular complexity index is 470. The van der Waals surface area contributed by atoms with Gasteiger partial charge in [0.2, 0.25) is 0 Å². The number of rotatable bonds is 1. The third-order valence-electron chi connectivity index (χ3n) is 2.69. The zero-order valence-corrected chi connectivity index (χ0v) is 9.47. The molecule has 1 aliphatic rings. The van der Waals surface area contributed by atoms with Crippen molar-refractivity contribution >= 4 is 17.7 Å². The zero-order valence-electron chi connectivity index (χ0n) is 9.47. The topological polar surface area (TPSA) is 66.8 Å². The molecule has 1 N–H and O–H groups in total. The molecule has 0 radical (unpaired) electrons. The molecule has 0 aliphatic carbocycles. The first-order valence-corrected chi connectivity index (χ1v) is 5.40. The highest BCUT2D eigenvalue weighted by molar-refractivity contribution is 5.88. The summed E-state index contributed by atoms with van der Waals surface area (Å²) in [5, 5.41) is 9.08. The third-order valence-corrected chi connectivity index (χ3v) is 2.69. The van der Waals surface area contributed by atoms with Crippen LogP contribution in [0.1, 0.15) is 18.9 Å². The van der Waals surface area contributed by atoms with Crippen molar-refractivity contribution in [2.45, 2.75) is 19.8 Å². The molecule has 0 unspecified atom stereocenters. The van der Waals surface area contributed by atoms with Crippen LogP contribution in [-0.4, -0.2) is 23.7 Å². The first-order chi connectivity index (χ1) is 8.09. The fourth-order valence-electron chi connectivity index (χ4n) is 2.04. The van der Waals surface area contributed by atoms with Crippen LogP contribution in [-0.2, 0) is 11.2 Å². The van der Waals surface area contributed by atoms with Gasteiger partial charge in [-0.2, -0.15) is 0 Å². The van der Waals surface area contributed by atoms with Gasteiger partial charge in [-0.15, -0.1) is 0 Å². The Labute approximate surface area is 98.6 Å². The summed E-state index contributed by atoms with van der Waals surface area (Å²) in [7, 11) is 0. The number of hydrogen-bond donors (Lipinski definition) is 1. The van der Waals surface area contributed by atoms with Crippen LogP contribution in [0.15, 0.2) is 18.2 Å². The Morgan fingerprint density at radius 1 is 1.41 bits per heavy atom. The summed E-state index contributed by atoms with van der Waals surface area (Å²) in [6.45, 7) is 1.81. The van der Waals surface area contributed by atoms with Crippen LogP contribution in [0.3, 0.4) is 0 Å². The fraction of sp³-hybridized carbons (Fsp3) is 0.333. The van der Waals surface area contributed by atoms with E-state index in [1.807, 2.05) is 0 Å². The van der Waals surface area contributed by atoms with Crippen molar-refractivity contribution in [3.05, 3.63) is 23.8 Å². The van der Waals surface area contributed by atoms with Gasteiger partial charge in [-0.25, -0.2) is 4.79 Å². The normalized spacial score (nSPS) is 14.1. The quantitative estimate of drug-likeness (QED) is 0.597. The van der Waals surface area contributed by atoms with Crippen LogP contribution in [0.25, 0.3) is 0 Å². The molecule has 1 aliphatic heterocycles. The van der Waals surface area contributed by atoms with Crippen molar-refractivity contribution in [1.29, 1.82) is 0 Å². The lowest BCUT2D eigenvalue weighted by Gasteiger charge is -2.27. The number of nitrogens with zero attached hydrogens (tertiary/aromatic N) is 1.